The summed E-state index contributed by atoms with van der Waals surface area (Å²) in [7, 11) is 0. The standard InChI is InChI=1S/C19H28ClN3O2/c1-19(2,3)18(24)25-23-11-9-21(10-12-23)14-15-5-6-16(20)13-17(15)22-7-4-8-22/h5-6,13H,4,7-12,14H2,1-3H3. The van der Waals surface area contributed by atoms with E-state index in [4.69, 9.17) is 16.4 Å². The Morgan fingerprint density at radius 2 is 1.80 bits per heavy atom. The molecule has 2 heterocycles. The van der Waals surface area contributed by atoms with Crippen LogP contribution in [0.1, 0.15) is 32.8 Å². The molecule has 0 aromatic heterocycles. The van der Waals surface area contributed by atoms with Crippen LogP contribution in [-0.2, 0) is 16.2 Å². The molecule has 2 aliphatic heterocycles. The Labute approximate surface area is 155 Å². The van der Waals surface area contributed by atoms with Crippen molar-refractivity contribution in [3.63, 3.8) is 0 Å². The predicted molar refractivity (Wildman–Crippen MR) is 101 cm³/mol. The molecule has 0 saturated carbocycles. The normalized spacial score (nSPS) is 19.6. The number of hydrogen-bond acceptors (Lipinski definition) is 5. The van der Waals surface area contributed by atoms with Crippen LogP contribution in [0.2, 0.25) is 5.02 Å². The van der Waals surface area contributed by atoms with Gasteiger partial charge in [0.1, 0.15) is 0 Å². The minimum Gasteiger partial charge on any atom is -0.371 e. The van der Waals surface area contributed by atoms with E-state index < -0.39 is 5.41 Å². The van der Waals surface area contributed by atoms with Gasteiger partial charge in [0.25, 0.3) is 0 Å². The molecule has 3 rings (SSSR count). The first-order valence-corrected chi connectivity index (χ1v) is 9.44. The zero-order valence-electron chi connectivity index (χ0n) is 15.4. The van der Waals surface area contributed by atoms with E-state index in [9.17, 15) is 4.79 Å². The van der Waals surface area contributed by atoms with E-state index in [1.165, 1.54) is 17.7 Å². The molecule has 0 atom stereocenters. The summed E-state index contributed by atoms with van der Waals surface area (Å²) < 4.78 is 0. The SMILES string of the molecule is CC(C)(C)C(=O)ON1CCN(Cc2ccc(Cl)cc2N2CCC2)CC1. The lowest BCUT2D eigenvalue weighted by Gasteiger charge is -2.37. The second kappa shape index (κ2) is 7.52. The minimum absolute atomic E-state index is 0.168. The van der Waals surface area contributed by atoms with Crippen LogP contribution in [0.25, 0.3) is 0 Å². The molecule has 0 unspecified atom stereocenters. The Kier molecular flexibility index (Phi) is 5.56. The van der Waals surface area contributed by atoms with E-state index in [0.29, 0.717) is 0 Å². The summed E-state index contributed by atoms with van der Waals surface area (Å²) in [5.74, 6) is -0.168. The summed E-state index contributed by atoms with van der Waals surface area (Å²) in [4.78, 5) is 22.3. The van der Waals surface area contributed by atoms with E-state index in [1.54, 1.807) is 5.06 Å². The summed E-state index contributed by atoms with van der Waals surface area (Å²) in [6.07, 6.45) is 1.25. The summed E-state index contributed by atoms with van der Waals surface area (Å²) in [6, 6.07) is 6.20. The van der Waals surface area contributed by atoms with Crippen molar-refractivity contribution in [2.75, 3.05) is 44.2 Å². The molecule has 0 radical (unpaired) electrons. The monoisotopic (exact) mass is 365 g/mol. The largest absolute Gasteiger partial charge is 0.371 e. The Morgan fingerprint density at radius 3 is 2.36 bits per heavy atom. The van der Waals surface area contributed by atoms with Crippen molar-refractivity contribution >= 4 is 23.3 Å². The Balaban J connectivity index is 1.55. The molecule has 25 heavy (non-hydrogen) atoms. The lowest BCUT2D eigenvalue weighted by molar-refractivity contribution is -0.207. The van der Waals surface area contributed by atoms with Crippen LogP contribution >= 0.6 is 11.6 Å². The van der Waals surface area contributed by atoms with Crippen molar-refractivity contribution in [1.82, 2.24) is 9.96 Å². The van der Waals surface area contributed by atoms with Gasteiger partial charge in [0.2, 0.25) is 0 Å². The molecule has 0 spiro atoms. The van der Waals surface area contributed by atoms with Gasteiger partial charge in [0, 0.05) is 56.5 Å². The number of benzene rings is 1. The maximum atomic E-state index is 12.0. The van der Waals surface area contributed by atoms with Gasteiger partial charge in [-0.15, -0.1) is 5.06 Å². The first kappa shape index (κ1) is 18.5. The van der Waals surface area contributed by atoms with Gasteiger partial charge in [0.05, 0.1) is 5.41 Å². The topological polar surface area (TPSA) is 36.0 Å². The van der Waals surface area contributed by atoms with E-state index >= 15 is 0 Å². The third-order valence-electron chi connectivity index (χ3n) is 4.79. The predicted octanol–water partition coefficient (Wildman–Crippen LogP) is 3.17. The highest BCUT2D eigenvalue weighted by Gasteiger charge is 2.28. The van der Waals surface area contributed by atoms with Crippen LogP contribution in [0.5, 0.6) is 0 Å². The van der Waals surface area contributed by atoms with Crippen LogP contribution in [0.15, 0.2) is 18.2 Å². The number of carbonyl (C=O) groups excluding carboxylic acids is 1. The van der Waals surface area contributed by atoms with Crippen LogP contribution in [0, 0.1) is 5.41 Å². The average molecular weight is 366 g/mol. The molecule has 2 saturated heterocycles. The van der Waals surface area contributed by atoms with Crippen molar-refractivity contribution in [2.24, 2.45) is 5.41 Å². The fraction of sp³-hybridized carbons (Fsp3) is 0.632. The van der Waals surface area contributed by atoms with Gasteiger partial charge in [-0.05, 0) is 44.9 Å². The smallest absolute Gasteiger partial charge is 0.330 e. The first-order valence-electron chi connectivity index (χ1n) is 9.06. The number of rotatable bonds is 4. The molecule has 0 aliphatic carbocycles. The molecule has 6 heteroatoms. The molecule has 5 nitrogen and oxygen atoms in total. The van der Waals surface area contributed by atoms with Crippen molar-refractivity contribution < 1.29 is 9.63 Å². The highest BCUT2D eigenvalue weighted by atomic mass is 35.5. The molecule has 138 valence electrons. The second-order valence-corrected chi connectivity index (χ2v) is 8.38. The maximum Gasteiger partial charge on any atom is 0.330 e. The number of hydroxylamine groups is 2. The molecule has 1 aromatic rings. The second-order valence-electron chi connectivity index (χ2n) is 7.95. The molecule has 2 fully saturated rings. The molecular formula is C19H28ClN3O2. The van der Waals surface area contributed by atoms with Gasteiger partial charge in [-0.25, -0.2) is 4.79 Å². The van der Waals surface area contributed by atoms with Gasteiger partial charge in [0.15, 0.2) is 0 Å². The van der Waals surface area contributed by atoms with Gasteiger partial charge >= 0.3 is 5.97 Å². The van der Waals surface area contributed by atoms with Crippen molar-refractivity contribution in [1.29, 1.82) is 0 Å². The zero-order chi connectivity index (χ0) is 18.0. The van der Waals surface area contributed by atoms with Gasteiger partial charge in [-0.1, -0.05) is 17.7 Å². The summed E-state index contributed by atoms with van der Waals surface area (Å²) in [5.41, 5.74) is 2.12. The summed E-state index contributed by atoms with van der Waals surface area (Å²) in [6.45, 7) is 12.0. The fourth-order valence-electron chi connectivity index (χ4n) is 3.00. The Hall–Kier alpha value is -1.30. The fourth-order valence-corrected chi connectivity index (χ4v) is 3.16. The summed E-state index contributed by atoms with van der Waals surface area (Å²) in [5, 5.41) is 2.59. The number of nitrogens with zero attached hydrogens (tertiary/aromatic N) is 3. The zero-order valence-corrected chi connectivity index (χ0v) is 16.2. The van der Waals surface area contributed by atoms with Crippen molar-refractivity contribution in [3.05, 3.63) is 28.8 Å². The van der Waals surface area contributed by atoms with Gasteiger partial charge < -0.3 is 9.74 Å². The highest BCUT2D eigenvalue weighted by molar-refractivity contribution is 6.30. The minimum atomic E-state index is -0.466. The number of carbonyl (C=O) groups is 1. The number of halogens is 1. The quantitative estimate of drug-likeness (QED) is 0.819. The van der Waals surface area contributed by atoms with Crippen LogP contribution in [0.3, 0.4) is 0 Å². The summed E-state index contributed by atoms with van der Waals surface area (Å²) >= 11 is 6.19. The molecule has 0 amide bonds. The van der Waals surface area contributed by atoms with E-state index in [2.05, 4.69) is 21.9 Å². The van der Waals surface area contributed by atoms with Crippen LogP contribution in [0.4, 0.5) is 5.69 Å². The van der Waals surface area contributed by atoms with Gasteiger partial charge in [-0.3, -0.25) is 4.90 Å². The van der Waals surface area contributed by atoms with E-state index in [-0.39, 0.29) is 5.97 Å². The molecule has 0 N–H and O–H groups in total. The van der Waals surface area contributed by atoms with E-state index in [0.717, 1.165) is 50.8 Å². The maximum absolute atomic E-state index is 12.0. The third kappa shape index (κ3) is 4.66. The number of piperazine rings is 1. The highest BCUT2D eigenvalue weighted by Crippen LogP contribution is 2.29. The number of hydrogen-bond donors (Lipinski definition) is 0. The number of anilines is 1. The average Bonchev–Trinajstić information content (AvgIpc) is 2.49. The molecular weight excluding hydrogens is 338 g/mol. The van der Waals surface area contributed by atoms with Gasteiger partial charge in [-0.2, -0.15) is 0 Å². The lowest BCUT2D eigenvalue weighted by Crippen LogP contribution is -2.47. The van der Waals surface area contributed by atoms with Crippen molar-refractivity contribution in [2.45, 2.75) is 33.7 Å². The lowest BCUT2D eigenvalue weighted by atomic mass is 9.98. The van der Waals surface area contributed by atoms with Crippen LogP contribution in [-0.4, -0.2) is 55.2 Å². The van der Waals surface area contributed by atoms with Crippen molar-refractivity contribution in [3.8, 4) is 0 Å². The first-order chi connectivity index (χ1) is 11.8. The van der Waals surface area contributed by atoms with Crippen LogP contribution < -0.4 is 4.90 Å². The Bertz CT molecular complexity index is 618. The van der Waals surface area contributed by atoms with E-state index in [1.807, 2.05) is 26.8 Å². The molecule has 2 aliphatic rings. The Morgan fingerprint density at radius 1 is 1.12 bits per heavy atom. The molecule has 0 bridgehead atoms. The molecule has 1 aromatic carbocycles. The third-order valence-corrected chi connectivity index (χ3v) is 5.03.